The van der Waals surface area contributed by atoms with E-state index >= 15 is 0 Å². The molecule has 2 rings (SSSR count). The molecule has 1 heterocycles. The first-order valence-corrected chi connectivity index (χ1v) is 6.03. The van der Waals surface area contributed by atoms with Crippen LogP contribution in [0.25, 0.3) is 0 Å². The second-order valence-corrected chi connectivity index (χ2v) is 4.45. The molecule has 1 aromatic rings. The van der Waals surface area contributed by atoms with Gasteiger partial charge >= 0.3 is 11.9 Å². The molecule has 0 saturated heterocycles. The van der Waals surface area contributed by atoms with Crippen molar-refractivity contribution in [2.75, 3.05) is 13.1 Å². The molecular weight excluding hydrogens is 246 g/mol. The molecule has 5 nitrogen and oxygen atoms in total. The number of carboxylic acid groups (broad SMARTS) is 2. The monoisotopic (exact) mass is 261 g/mol. The Morgan fingerprint density at radius 2 is 1.84 bits per heavy atom. The summed E-state index contributed by atoms with van der Waals surface area (Å²) in [5.41, 5.74) is 0.926. The van der Waals surface area contributed by atoms with Crippen LogP contribution in [0.2, 0.25) is 0 Å². The highest BCUT2D eigenvalue weighted by Gasteiger charge is 2.30. The number of nitrogens with zero attached hydrogens (tertiary/aromatic N) is 1. The lowest BCUT2D eigenvalue weighted by Crippen LogP contribution is -2.39. The Labute approximate surface area is 110 Å². The maximum atomic E-state index is 11.5. The van der Waals surface area contributed by atoms with E-state index in [0.717, 1.165) is 0 Å². The van der Waals surface area contributed by atoms with Gasteiger partial charge < -0.3 is 10.2 Å². The number of benzene rings is 1. The molecule has 1 aliphatic rings. The van der Waals surface area contributed by atoms with Gasteiger partial charge in [0.25, 0.3) is 0 Å². The summed E-state index contributed by atoms with van der Waals surface area (Å²) in [7, 11) is 0. The van der Waals surface area contributed by atoms with Gasteiger partial charge in [0, 0.05) is 18.7 Å². The molecule has 1 aromatic carbocycles. The Morgan fingerprint density at radius 1 is 1.16 bits per heavy atom. The van der Waals surface area contributed by atoms with E-state index in [-0.39, 0.29) is 12.1 Å². The van der Waals surface area contributed by atoms with Crippen molar-refractivity contribution in [3.8, 4) is 0 Å². The van der Waals surface area contributed by atoms with E-state index in [9.17, 15) is 14.7 Å². The largest absolute Gasteiger partial charge is 0.480 e. The Hall–Kier alpha value is -2.14. The summed E-state index contributed by atoms with van der Waals surface area (Å²) in [6.07, 6.45) is 2.21. The van der Waals surface area contributed by atoms with Crippen molar-refractivity contribution >= 4 is 11.9 Å². The van der Waals surface area contributed by atoms with Gasteiger partial charge in [0.1, 0.15) is 6.04 Å². The molecule has 100 valence electrons. The van der Waals surface area contributed by atoms with E-state index in [1.165, 1.54) is 0 Å². The molecule has 0 bridgehead atoms. The van der Waals surface area contributed by atoms with Crippen LogP contribution in [0.4, 0.5) is 0 Å². The van der Waals surface area contributed by atoms with Crippen molar-refractivity contribution in [3.63, 3.8) is 0 Å². The summed E-state index contributed by atoms with van der Waals surface area (Å²) in [5.74, 6) is -1.94. The van der Waals surface area contributed by atoms with Crippen LogP contribution in [-0.2, 0) is 9.59 Å². The topological polar surface area (TPSA) is 77.8 Å². The molecule has 0 amide bonds. The van der Waals surface area contributed by atoms with Crippen LogP contribution in [0.3, 0.4) is 0 Å². The number of rotatable bonds is 4. The third-order valence-corrected chi connectivity index (χ3v) is 3.17. The normalized spacial score (nSPS) is 17.6. The minimum absolute atomic E-state index is 0.154. The molecule has 0 aliphatic carbocycles. The summed E-state index contributed by atoms with van der Waals surface area (Å²) >= 11 is 0. The second-order valence-electron chi connectivity index (χ2n) is 4.45. The van der Waals surface area contributed by atoms with Crippen molar-refractivity contribution in [1.29, 1.82) is 0 Å². The molecule has 1 aliphatic heterocycles. The van der Waals surface area contributed by atoms with Crippen molar-refractivity contribution in [2.45, 2.75) is 12.5 Å². The zero-order valence-electron chi connectivity index (χ0n) is 10.3. The quantitative estimate of drug-likeness (QED) is 0.859. The lowest BCUT2D eigenvalue weighted by atomic mass is 10.0. The van der Waals surface area contributed by atoms with E-state index in [1.54, 1.807) is 35.2 Å². The minimum atomic E-state index is -0.984. The predicted octanol–water partition coefficient (Wildman–Crippen LogP) is 1.53. The van der Waals surface area contributed by atoms with Crippen LogP contribution in [0.1, 0.15) is 18.0 Å². The van der Waals surface area contributed by atoms with Gasteiger partial charge in [0.05, 0.1) is 0 Å². The van der Waals surface area contributed by atoms with E-state index in [1.807, 2.05) is 6.07 Å². The van der Waals surface area contributed by atoms with Crippen molar-refractivity contribution in [3.05, 3.63) is 47.5 Å². The first-order chi connectivity index (χ1) is 9.09. The van der Waals surface area contributed by atoms with E-state index in [2.05, 4.69) is 0 Å². The lowest BCUT2D eigenvalue weighted by molar-refractivity contribution is -0.144. The fourth-order valence-electron chi connectivity index (χ4n) is 2.29. The fourth-order valence-corrected chi connectivity index (χ4v) is 2.29. The van der Waals surface area contributed by atoms with Gasteiger partial charge in [-0.15, -0.1) is 0 Å². The van der Waals surface area contributed by atoms with E-state index < -0.39 is 18.0 Å². The van der Waals surface area contributed by atoms with Crippen LogP contribution in [-0.4, -0.2) is 40.1 Å². The minimum Gasteiger partial charge on any atom is -0.480 e. The van der Waals surface area contributed by atoms with Crippen molar-refractivity contribution in [1.82, 2.24) is 4.90 Å². The molecule has 0 fully saturated rings. The SMILES string of the molecule is O=C(O)C1=CCCN(C(C(=O)O)c2ccccc2)C1. The summed E-state index contributed by atoms with van der Waals surface area (Å²) in [5, 5.41) is 18.4. The summed E-state index contributed by atoms with van der Waals surface area (Å²) in [6, 6.07) is 8.08. The highest BCUT2D eigenvalue weighted by atomic mass is 16.4. The predicted molar refractivity (Wildman–Crippen MR) is 68.7 cm³/mol. The van der Waals surface area contributed by atoms with Crippen molar-refractivity contribution < 1.29 is 19.8 Å². The molecule has 2 N–H and O–H groups in total. The van der Waals surface area contributed by atoms with Gasteiger partial charge in [-0.2, -0.15) is 0 Å². The molecule has 1 atom stereocenters. The standard InChI is InChI=1S/C14H15NO4/c16-13(17)11-7-4-8-15(9-11)12(14(18)19)10-5-2-1-3-6-10/h1-3,5-7,12H,4,8-9H2,(H,16,17)(H,18,19). The Bertz CT molecular complexity index is 509. The van der Waals surface area contributed by atoms with Gasteiger partial charge in [-0.1, -0.05) is 36.4 Å². The number of hydrogen-bond acceptors (Lipinski definition) is 3. The first-order valence-electron chi connectivity index (χ1n) is 6.03. The molecular formula is C14H15NO4. The maximum absolute atomic E-state index is 11.5. The highest BCUT2D eigenvalue weighted by Crippen LogP contribution is 2.24. The molecule has 0 radical (unpaired) electrons. The Kier molecular flexibility index (Phi) is 3.97. The molecule has 5 heteroatoms. The second kappa shape index (κ2) is 5.67. The highest BCUT2D eigenvalue weighted by molar-refractivity contribution is 5.87. The average Bonchev–Trinajstić information content (AvgIpc) is 2.40. The van der Waals surface area contributed by atoms with Crippen LogP contribution in [0.15, 0.2) is 42.0 Å². The summed E-state index contributed by atoms with van der Waals surface area (Å²) in [4.78, 5) is 24.1. The fraction of sp³-hybridized carbons (Fsp3) is 0.286. The Balaban J connectivity index is 2.25. The van der Waals surface area contributed by atoms with Gasteiger partial charge in [-0.05, 0) is 12.0 Å². The van der Waals surface area contributed by atoms with Crippen molar-refractivity contribution in [2.24, 2.45) is 0 Å². The van der Waals surface area contributed by atoms with Gasteiger partial charge in [0.2, 0.25) is 0 Å². The first kappa shape index (κ1) is 13.3. The molecule has 1 unspecified atom stereocenters. The molecule has 0 saturated carbocycles. The summed E-state index contributed by atoms with van der Waals surface area (Å²) < 4.78 is 0. The summed E-state index contributed by atoms with van der Waals surface area (Å²) in [6.45, 7) is 0.698. The zero-order chi connectivity index (χ0) is 13.8. The lowest BCUT2D eigenvalue weighted by Gasteiger charge is -2.31. The van der Waals surface area contributed by atoms with E-state index in [0.29, 0.717) is 18.5 Å². The van der Waals surface area contributed by atoms with Crippen LogP contribution >= 0.6 is 0 Å². The van der Waals surface area contributed by atoms with Gasteiger partial charge in [0.15, 0.2) is 0 Å². The third-order valence-electron chi connectivity index (χ3n) is 3.17. The van der Waals surface area contributed by atoms with Crippen LogP contribution in [0, 0.1) is 0 Å². The van der Waals surface area contributed by atoms with Crippen LogP contribution < -0.4 is 0 Å². The average molecular weight is 261 g/mol. The molecule has 19 heavy (non-hydrogen) atoms. The third kappa shape index (κ3) is 3.00. The molecule has 0 aromatic heterocycles. The molecule has 0 spiro atoms. The number of aliphatic carboxylic acids is 2. The number of carbonyl (C=O) groups is 2. The van der Waals surface area contributed by atoms with Gasteiger partial charge in [-0.3, -0.25) is 9.69 Å². The Morgan fingerprint density at radius 3 is 2.42 bits per heavy atom. The zero-order valence-corrected chi connectivity index (χ0v) is 10.3. The number of carboxylic acids is 2. The smallest absolute Gasteiger partial charge is 0.332 e. The van der Waals surface area contributed by atoms with E-state index in [4.69, 9.17) is 5.11 Å². The van der Waals surface area contributed by atoms with Gasteiger partial charge in [-0.25, -0.2) is 4.79 Å². The number of hydrogen-bond donors (Lipinski definition) is 2. The maximum Gasteiger partial charge on any atom is 0.332 e. The van der Waals surface area contributed by atoms with Crippen LogP contribution in [0.5, 0.6) is 0 Å².